The molecule has 0 bridgehead atoms. The summed E-state index contributed by atoms with van der Waals surface area (Å²) in [6.45, 7) is -0.938. The average Bonchev–Trinajstić information content (AvgIpc) is 2.22. The van der Waals surface area contributed by atoms with Crippen LogP contribution in [0.3, 0.4) is 0 Å². The molecule has 0 saturated carbocycles. The fourth-order valence-electron chi connectivity index (χ4n) is 1.09. The predicted octanol–water partition coefficient (Wildman–Crippen LogP) is 2.65. The van der Waals surface area contributed by atoms with Gasteiger partial charge >= 0.3 is 6.18 Å². The number of rotatable bonds is 3. The van der Waals surface area contributed by atoms with Crippen LogP contribution in [-0.4, -0.2) is 29.8 Å². The first-order chi connectivity index (χ1) is 8.20. The van der Waals surface area contributed by atoms with Gasteiger partial charge in [0.2, 0.25) is 0 Å². The Balaban J connectivity index is 2.66. The number of hydrogen-bond donors (Lipinski definition) is 2. The summed E-state index contributed by atoms with van der Waals surface area (Å²) in [6.07, 6.45) is -7.39. The highest BCUT2D eigenvalue weighted by molar-refractivity contribution is 6.35. The summed E-state index contributed by atoms with van der Waals surface area (Å²) >= 11 is 11.3. The largest absolute Gasteiger partial charge is 0.416 e. The Morgan fingerprint density at radius 2 is 1.78 bits per heavy atom. The van der Waals surface area contributed by atoms with Crippen molar-refractivity contribution in [2.24, 2.45) is 0 Å². The summed E-state index contributed by atoms with van der Waals surface area (Å²) in [6, 6.07) is 3.88. The second-order valence-corrected chi connectivity index (χ2v) is 4.30. The number of nitrogens with one attached hydrogen (secondary N) is 1. The molecule has 8 heteroatoms. The van der Waals surface area contributed by atoms with Crippen molar-refractivity contribution >= 4 is 29.1 Å². The number of alkyl halides is 3. The first-order valence-corrected chi connectivity index (χ1v) is 5.45. The van der Waals surface area contributed by atoms with Crippen molar-refractivity contribution in [3.05, 3.63) is 33.8 Å². The lowest BCUT2D eigenvalue weighted by Crippen LogP contribution is -2.40. The van der Waals surface area contributed by atoms with E-state index in [1.165, 1.54) is 18.2 Å². The Morgan fingerprint density at radius 1 is 1.28 bits per heavy atom. The zero-order valence-corrected chi connectivity index (χ0v) is 10.3. The second kappa shape index (κ2) is 5.77. The molecular formula is C10H8Cl2F3NO2. The third kappa shape index (κ3) is 4.36. The van der Waals surface area contributed by atoms with Gasteiger partial charge < -0.3 is 10.4 Å². The Morgan fingerprint density at radius 3 is 2.22 bits per heavy atom. The van der Waals surface area contributed by atoms with E-state index in [0.29, 0.717) is 0 Å². The third-order valence-electron chi connectivity index (χ3n) is 1.96. The smallest absolute Gasteiger partial charge is 0.382 e. The second-order valence-electron chi connectivity index (χ2n) is 3.43. The highest BCUT2D eigenvalue weighted by Gasteiger charge is 2.38. The molecule has 0 aliphatic rings. The number of carbonyl (C=O) groups is 1. The van der Waals surface area contributed by atoms with Gasteiger partial charge in [-0.1, -0.05) is 23.2 Å². The third-order valence-corrected chi connectivity index (χ3v) is 2.39. The van der Waals surface area contributed by atoms with Crippen molar-refractivity contribution in [1.82, 2.24) is 5.32 Å². The minimum atomic E-state index is -4.78. The molecule has 3 nitrogen and oxygen atoms in total. The summed E-state index contributed by atoms with van der Waals surface area (Å²) in [5.41, 5.74) is 0.0156. The van der Waals surface area contributed by atoms with E-state index in [1.54, 1.807) is 0 Å². The van der Waals surface area contributed by atoms with Crippen LogP contribution in [0.5, 0.6) is 0 Å². The molecule has 0 heterocycles. The zero-order valence-electron chi connectivity index (χ0n) is 8.76. The van der Waals surface area contributed by atoms with Gasteiger partial charge in [-0.15, -0.1) is 0 Å². The van der Waals surface area contributed by atoms with Crippen LogP contribution in [0.2, 0.25) is 10.0 Å². The van der Waals surface area contributed by atoms with Gasteiger partial charge in [0.25, 0.3) is 5.91 Å². The molecule has 1 aromatic carbocycles. The van der Waals surface area contributed by atoms with Crippen LogP contribution >= 0.6 is 23.2 Å². The number of aliphatic hydroxyl groups is 1. The van der Waals surface area contributed by atoms with Gasteiger partial charge in [0, 0.05) is 15.6 Å². The monoisotopic (exact) mass is 301 g/mol. The molecule has 0 aliphatic carbocycles. The predicted molar refractivity (Wildman–Crippen MR) is 60.9 cm³/mol. The molecule has 18 heavy (non-hydrogen) atoms. The van der Waals surface area contributed by atoms with Gasteiger partial charge in [0.15, 0.2) is 6.10 Å². The van der Waals surface area contributed by atoms with E-state index in [1.807, 2.05) is 5.32 Å². The van der Waals surface area contributed by atoms with Crippen molar-refractivity contribution in [3.63, 3.8) is 0 Å². The van der Waals surface area contributed by atoms with Gasteiger partial charge in [0.1, 0.15) is 0 Å². The Labute approximate surface area is 110 Å². The standard InChI is InChI=1S/C10H8Cl2F3NO2/c11-6-1-5(2-7(12)3-6)9(18)16-4-8(17)10(13,14)15/h1-3,8,17H,4H2,(H,16,18). The summed E-state index contributed by atoms with van der Waals surface area (Å²) < 4.78 is 36.0. The van der Waals surface area contributed by atoms with Crippen molar-refractivity contribution in [1.29, 1.82) is 0 Å². The fourth-order valence-corrected chi connectivity index (χ4v) is 1.62. The van der Waals surface area contributed by atoms with Crippen LogP contribution in [0, 0.1) is 0 Å². The lowest BCUT2D eigenvalue weighted by atomic mass is 10.2. The zero-order chi connectivity index (χ0) is 13.9. The maximum absolute atomic E-state index is 12.0. The molecule has 1 atom stereocenters. The normalized spacial score (nSPS) is 13.2. The van der Waals surface area contributed by atoms with Crippen LogP contribution in [0.15, 0.2) is 18.2 Å². The van der Waals surface area contributed by atoms with Gasteiger partial charge in [-0.05, 0) is 18.2 Å². The Bertz CT molecular complexity index is 431. The van der Waals surface area contributed by atoms with E-state index >= 15 is 0 Å². The van der Waals surface area contributed by atoms with Gasteiger partial charge in [0.05, 0.1) is 6.54 Å². The number of benzene rings is 1. The topological polar surface area (TPSA) is 49.3 Å². The summed E-state index contributed by atoms with van der Waals surface area (Å²) in [5, 5.41) is 11.0. The van der Waals surface area contributed by atoms with E-state index in [-0.39, 0.29) is 15.6 Å². The summed E-state index contributed by atoms with van der Waals surface area (Å²) in [7, 11) is 0. The van der Waals surface area contributed by atoms with Crippen LogP contribution < -0.4 is 5.32 Å². The first-order valence-electron chi connectivity index (χ1n) is 4.69. The number of aliphatic hydroxyl groups excluding tert-OH is 1. The van der Waals surface area contributed by atoms with Gasteiger partial charge in [-0.2, -0.15) is 13.2 Å². The van der Waals surface area contributed by atoms with E-state index in [0.717, 1.165) is 0 Å². The molecule has 0 spiro atoms. The highest BCUT2D eigenvalue weighted by Crippen LogP contribution is 2.20. The van der Waals surface area contributed by atoms with Crippen molar-refractivity contribution in [2.75, 3.05) is 6.54 Å². The van der Waals surface area contributed by atoms with E-state index < -0.39 is 24.7 Å². The van der Waals surface area contributed by atoms with Gasteiger partial charge in [-0.3, -0.25) is 4.79 Å². The average molecular weight is 302 g/mol. The van der Waals surface area contributed by atoms with Crippen LogP contribution in [-0.2, 0) is 0 Å². The minimum Gasteiger partial charge on any atom is -0.382 e. The quantitative estimate of drug-likeness (QED) is 0.902. The summed E-state index contributed by atoms with van der Waals surface area (Å²) in [4.78, 5) is 11.5. The van der Waals surface area contributed by atoms with Crippen LogP contribution in [0.25, 0.3) is 0 Å². The van der Waals surface area contributed by atoms with Crippen molar-refractivity contribution in [2.45, 2.75) is 12.3 Å². The van der Waals surface area contributed by atoms with E-state index in [2.05, 4.69) is 0 Å². The van der Waals surface area contributed by atoms with Gasteiger partial charge in [-0.25, -0.2) is 0 Å². The Hall–Kier alpha value is -0.980. The van der Waals surface area contributed by atoms with E-state index in [4.69, 9.17) is 28.3 Å². The van der Waals surface area contributed by atoms with Crippen LogP contribution in [0.4, 0.5) is 13.2 Å². The molecule has 2 N–H and O–H groups in total. The minimum absolute atomic E-state index is 0.0156. The van der Waals surface area contributed by atoms with Crippen LogP contribution in [0.1, 0.15) is 10.4 Å². The fraction of sp³-hybridized carbons (Fsp3) is 0.300. The maximum atomic E-state index is 12.0. The first kappa shape index (κ1) is 15.1. The molecule has 100 valence electrons. The lowest BCUT2D eigenvalue weighted by molar-refractivity contribution is -0.201. The molecular weight excluding hydrogens is 294 g/mol. The molecule has 0 saturated heterocycles. The number of halogens is 5. The molecule has 1 unspecified atom stereocenters. The van der Waals surface area contributed by atoms with Crippen molar-refractivity contribution in [3.8, 4) is 0 Å². The molecule has 1 amide bonds. The van der Waals surface area contributed by atoms with E-state index in [9.17, 15) is 18.0 Å². The number of carbonyl (C=O) groups excluding carboxylic acids is 1. The SMILES string of the molecule is O=C(NCC(O)C(F)(F)F)c1cc(Cl)cc(Cl)c1. The van der Waals surface area contributed by atoms with Crippen molar-refractivity contribution < 1.29 is 23.1 Å². The molecule has 0 aliphatic heterocycles. The molecule has 0 fully saturated rings. The lowest BCUT2D eigenvalue weighted by Gasteiger charge is -2.15. The molecule has 1 aromatic rings. The summed E-state index contributed by atoms with van der Waals surface area (Å²) in [5.74, 6) is -0.803. The maximum Gasteiger partial charge on any atom is 0.416 e. The molecule has 1 rings (SSSR count). The highest BCUT2D eigenvalue weighted by atomic mass is 35.5. The number of amides is 1. The number of hydrogen-bond acceptors (Lipinski definition) is 2. The Kier molecular flexibility index (Phi) is 4.84. The molecule has 0 aromatic heterocycles. The molecule has 0 radical (unpaired) electrons.